The molecule has 0 saturated heterocycles. The predicted molar refractivity (Wildman–Crippen MR) is 130 cm³/mol. The lowest BCUT2D eigenvalue weighted by Crippen LogP contribution is -2.37. The number of guanidine groups is 1. The molecule has 0 fully saturated rings. The molecule has 1 unspecified atom stereocenters. The van der Waals surface area contributed by atoms with E-state index in [1.54, 1.807) is 0 Å². The standard InChI is InChI=1S/C24H25N3O2.HI/c25-24(27-22-14-15-28-23-9-5-4-8-21(22)23)26-16-18-10-12-19(13-11-18)17-29-20-6-2-1-3-7-20;/h1-13,22H,14-17H2,(H3,25,26,27);1H. The van der Waals surface area contributed by atoms with Crippen molar-refractivity contribution in [2.45, 2.75) is 25.6 Å². The number of rotatable bonds is 6. The number of hydrogen-bond acceptors (Lipinski definition) is 3. The van der Waals surface area contributed by atoms with Crippen LogP contribution >= 0.6 is 24.0 Å². The van der Waals surface area contributed by atoms with Gasteiger partial charge in [0.1, 0.15) is 18.1 Å². The lowest BCUT2D eigenvalue weighted by molar-refractivity contribution is 0.262. The zero-order chi connectivity index (χ0) is 19.9. The molecule has 156 valence electrons. The van der Waals surface area contributed by atoms with E-state index in [9.17, 15) is 0 Å². The van der Waals surface area contributed by atoms with Gasteiger partial charge in [-0.15, -0.1) is 24.0 Å². The Morgan fingerprint density at radius 3 is 2.47 bits per heavy atom. The van der Waals surface area contributed by atoms with Gasteiger partial charge in [-0.1, -0.05) is 60.7 Å². The van der Waals surface area contributed by atoms with Crippen LogP contribution < -0.4 is 20.5 Å². The number of halogens is 1. The topological polar surface area (TPSA) is 68.9 Å². The summed E-state index contributed by atoms with van der Waals surface area (Å²) >= 11 is 0. The van der Waals surface area contributed by atoms with Gasteiger partial charge in [-0.2, -0.15) is 0 Å². The molecule has 0 aliphatic carbocycles. The number of aliphatic imine (C=N–C) groups is 1. The molecule has 3 aromatic carbocycles. The summed E-state index contributed by atoms with van der Waals surface area (Å²) in [6, 6.07) is 26.2. The highest BCUT2D eigenvalue weighted by Gasteiger charge is 2.21. The number of nitrogens with zero attached hydrogens (tertiary/aromatic N) is 1. The molecule has 0 bridgehead atoms. The Balaban J connectivity index is 0.00000256. The monoisotopic (exact) mass is 515 g/mol. The second-order valence-electron chi connectivity index (χ2n) is 6.99. The molecule has 4 rings (SSSR count). The van der Waals surface area contributed by atoms with E-state index < -0.39 is 0 Å². The number of nitrogens with two attached hydrogens (primary N) is 1. The Morgan fingerprint density at radius 1 is 0.967 bits per heavy atom. The van der Waals surface area contributed by atoms with Crippen LogP contribution in [0.1, 0.15) is 29.2 Å². The molecule has 3 aromatic rings. The quantitative estimate of drug-likeness (QED) is 0.281. The second-order valence-corrected chi connectivity index (χ2v) is 6.99. The highest BCUT2D eigenvalue weighted by Crippen LogP contribution is 2.31. The van der Waals surface area contributed by atoms with Crippen LogP contribution in [0.25, 0.3) is 0 Å². The van der Waals surface area contributed by atoms with Crippen LogP contribution in [-0.4, -0.2) is 12.6 Å². The van der Waals surface area contributed by atoms with Crippen molar-refractivity contribution in [2.24, 2.45) is 10.7 Å². The SMILES string of the molecule is I.NC(=NCc1ccc(COc2ccccc2)cc1)NC1CCOc2ccccc21. The number of benzene rings is 3. The lowest BCUT2D eigenvalue weighted by Gasteiger charge is -2.26. The van der Waals surface area contributed by atoms with Crippen molar-refractivity contribution >= 4 is 29.9 Å². The second kappa shape index (κ2) is 10.9. The highest BCUT2D eigenvalue weighted by molar-refractivity contribution is 14.0. The number of ether oxygens (including phenoxy) is 2. The van der Waals surface area contributed by atoms with E-state index in [4.69, 9.17) is 15.2 Å². The summed E-state index contributed by atoms with van der Waals surface area (Å²) in [4.78, 5) is 4.50. The van der Waals surface area contributed by atoms with Gasteiger partial charge in [0.25, 0.3) is 0 Å². The van der Waals surface area contributed by atoms with Crippen LogP contribution in [0.15, 0.2) is 83.9 Å². The average molecular weight is 515 g/mol. The van der Waals surface area contributed by atoms with Crippen molar-refractivity contribution in [3.8, 4) is 11.5 Å². The first-order chi connectivity index (χ1) is 14.3. The minimum Gasteiger partial charge on any atom is -0.493 e. The summed E-state index contributed by atoms with van der Waals surface area (Å²) in [7, 11) is 0. The van der Waals surface area contributed by atoms with Crippen LogP contribution in [0.3, 0.4) is 0 Å². The van der Waals surface area contributed by atoms with Gasteiger partial charge in [0.05, 0.1) is 19.2 Å². The Bertz CT molecular complexity index is 962. The largest absolute Gasteiger partial charge is 0.493 e. The van der Waals surface area contributed by atoms with E-state index in [0.717, 1.165) is 34.6 Å². The third kappa shape index (κ3) is 5.89. The minimum absolute atomic E-state index is 0. The first kappa shape index (κ1) is 22.0. The molecular weight excluding hydrogens is 489 g/mol. The smallest absolute Gasteiger partial charge is 0.189 e. The molecule has 1 atom stereocenters. The molecule has 0 radical (unpaired) electrons. The first-order valence-corrected chi connectivity index (χ1v) is 9.82. The van der Waals surface area contributed by atoms with Crippen LogP contribution in [0.5, 0.6) is 11.5 Å². The Kier molecular flexibility index (Phi) is 7.96. The van der Waals surface area contributed by atoms with Crippen LogP contribution in [-0.2, 0) is 13.2 Å². The minimum atomic E-state index is 0. The number of fused-ring (bicyclic) bond motifs is 1. The van der Waals surface area contributed by atoms with Gasteiger partial charge >= 0.3 is 0 Å². The fourth-order valence-corrected chi connectivity index (χ4v) is 3.32. The zero-order valence-electron chi connectivity index (χ0n) is 16.7. The Labute approximate surface area is 194 Å². The van der Waals surface area contributed by atoms with E-state index in [1.807, 2.05) is 48.5 Å². The van der Waals surface area contributed by atoms with Gasteiger partial charge in [0, 0.05) is 12.0 Å². The highest BCUT2D eigenvalue weighted by atomic mass is 127. The molecule has 1 aliphatic rings. The molecule has 0 spiro atoms. The molecule has 5 nitrogen and oxygen atoms in total. The summed E-state index contributed by atoms with van der Waals surface area (Å²) in [5.41, 5.74) is 9.47. The molecular formula is C24H26IN3O2. The number of para-hydroxylation sites is 2. The van der Waals surface area contributed by atoms with Crippen LogP contribution in [0.2, 0.25) is 0 Å². The molecule has 0 amide bonds. The summed E-state index contributed by atoms with van der Waals surface area (Å²) in [5, 5.41) is 3.32. The maximum Gasteiger partial charge on any atom is 0.189 e. The van der Waals surface area contributed by atoms with E-state index in [0.29, 0.717) is 25.7 Å². The predicted octanol–water partition coefficient (Wildman–Crippen LogP) is 4.81. The number of hydrogen-bond donors (Lipinski definition) is 2. The van der Waals surface area contributed by atoms with Crippen LogP contribution in [0.4, 0.5) is 0 Å². The lowest BCUT2D eigenvalue weighted by atomic mass is 10.0. The summed E-state index contributed by atoms with van der Waals surface area (Å²) in [5.74, 6) is 2.23. The van der Waals surface area contributed by atoms with Gasteiger partial charge in [-0.3, -0.25) is 0 Å². The summed E-state index contributed by atoms with van der Waals surface area (Å²) in [6.45, 7) is 1.75. The Hall–Kier alpha value is -2.74. The van der Waals surface area contributed by atoms with Crippen molar-refractivity contribution in [3.05, 3.63) is 95.6 Å². The van der Waals surface area contributed by atoms with Crippen molar-refractivity contribution in [1.82, 2.24) is 5.32 Å². The van der Waals surface area contributed by atoms with E-state index in [1.165, 1.54) is 0 Å². The number of nitrogens with one attached hydrogen (secondary N) is 1. The first-order valence-electron chi connectivity index (χ1n) is 9.82. The van der Waals surface area contributed by atoms with Gasteiger partial charge in [0.15, 0.2) is 5.96 Å². The molecule has 3 N–H and O–H groups in total. The van der Waals surface area contributed by atoms with E-state index >= 15 is 0 Å². The van der Waals surface area contributed by atoms with Crippen molar-refractivity contribution in [2.75, 3.05) is 6.61 Å². The fourth-order valence-electron chi connectivity index (χ4n) is 3.32. The van der Waals surface area contributed by atoms with Crippen molar-refractivity contribution < 1.29 is 9.47 Å². The normalized spacial score (nSPS) is 15.3. The maximum atomic E-state index is 6.13. The van der Waals surface area contributed by atoms with Crippen molar-refractivity contribution in [3.63, 3.8) is 0 Å². The molecule has 6 heteroatoms. The molecule has 0 aromatic heterocycles. The third-order valence-corrected chi connectivity index (χ3v) is 4.88. The third-order valence-electron chi connectivity index (χ3n) is 4.88. The van der Waals surface area contributed by atoms with E-state index in [-0.39, 0.29) is 30.0 Å². The fraction of sp³-hybridized carbons (Fsp3) is 0.208. The molecule has 1 aliphatic heterocycles. The molecule has 0 saturated carbocycles. The van der Waals surface area contributed by atoms with E-state index in [2.05, 4.69) is 40.6 Å². The average Bonchev–Trinajstić information content (AvgIpc) is 2.78. The molecule has 1 heterocycles. The Morgan fingerprint density at radius 2 is 1.67 bits per heavy atom. The van der Waals surface area contributed by atoms with Crippen molar-refractivity contribution in [1.29, 1.82) is 0 Å². The summed E-state index contributed by atoms with van der Waals surface area (Å²) in [6.07, 6.45) is 0.864. The van der Waals surface area contributed by atoms with Gasteiger partial charge in [-0.25, -0.2) is 4.99 Å². The maximum absolute atomic E-state index is 6.13. The molecule has 30 heavy (non-hydrogen) atoms. The van der Waals surface area contributed by atoms with Gasteiger partial charge in [0.2, 0.25) is 0 Å². The summed E-state index contributed by atoms with van der Waals surface area (Å²) < 4.78 is 11.5. The zero-order valence-corrected chi connectivity index (χ0v) is 19.0. The van der Waals surface area contributed by atoms with Gasteiger partial charge < -0.3 is 20.5 Å². The van der Waals surface area contributed by atoms with Crippen LogP contribution in [0, 0.1) is 0 Å². The van der Waals surface area contributed by atoms with Gasteiger partial charge in [-0.05, 0) is 29.3 Å².